The lowest BCUT2D eigenvalue weighted by atomic mass is 10.1. The molecule has 128 valence electrons. The molecule has 0 atom stereocenters. The lowest BCUT2D eigenvalue weighted by molar-refractivity contribution is -0.115. The van der Waals surface area contributed by atoms with Crippen molar-refractivity contribution in [2.75, 3.05) is 10.6 Å². The summed E-state index contributed by atoms with van der Waals surface area (Å²) in [5, 5.41) is 9.84. The first-order valence-corrected chi connectivity index (χ1v) is 9.26. The van der Waals surface area contributed by atoms with Crippen molar-refractivity contribution in [3.63, 3.8) is 0 Å². The standard InChI is InChI=1S/C18H15Cl2N3OS/c1-2-17(24)21-13-5-3-4-11(8-13)16-10-25-18(23-16)22-15-7-6-12(19)9-14(15)20/h3-10H,2H2,1H3,(H,21,24)(H,22,23). The number of halogens is 2. The Labute approximate surface area is 159 Å². The topological polar surface area (TPSA) is 54.0 Å². The molecule has 0 spiro atoms. The van der Waals surface area contributed by atoms with E-state index in [1.54, 1.807) is 12.1 Å². The van der Waals surface area contributed by atoms with Crippen LogP contribution in [0.2, 0.25) is 10.0 Å². The number of carbonyl (C=O) groups is 1. The summed E-state index contributed by atoms with van der Waals surface area (Å²) >= 11 is 13.6. The largest absolute Gasteiger partial charge is 0.330 e. The van der Waals surface area contributed by atoms with E-state index in [2.05, 4.69) is 15.6 Å². The predicted molar refractivity (Wildman–Crippen MR) is 106 cm³/mol. The molecule has 7 heteroatoms. The van der Waals surface area contributed by atoms with Crippen LogP contribution < -0.4 is 10.6 Å². The smallest absolute Gasteiger partial charge is 0.224 e. The van der Waals surface area contributed by atoms with Crippen LogP contribution in [0.15, 0.2) is 47.8 Å². The van der Waals surface area contributed by atoms with Gasteiger partial charge in [-0.05, 0) is 30.3 Å². The number of amides is 1. The zero-order valence-corrected chi connectivity index (χ0v) is 15.7. The number of aromatic nitrogens is 1. The van der Waals surface area contributed by atoms with Crippen LogP contribution >= 0.6 is 34.5 Å². The van der Waals surface area contributed by atoms with Gasteiger partial charge in [0.2, 0.25) is 5.91 Å². The molecule has 0 fully saturated rings. The summed E-state index contributed by atoms with van der Waals surface area (Å²) in [6.45, 7) is 1.82. The normalized spacial score (nSPS) is 10.5. The number of nitrogens with one attached hydrogen (secondary N) is 2. The molecule has 0 aliphatic heterocycles. The highest BCUT2D eigenvalue weighted by Gasteiger charge is 2.08. The van der Waals surface area contributed by atoms with Crippen LogP contribution in [-0.2, 0) is 4.79 Å². The number of carbonyl (C=O) groups excluding carboxylic acids is 1. The fourth-order valence-corrected chi connectivity index (χ4v) is 3.36. The summed E-state index contributed by atoms with van der Waals surface area (Å²) in [5.41, 5.74) is 3.26. The molecule has 3 aromatic rings. The second-order valence-electron chi connectivity index (χ2n) is 5.27. The minimum Gasteiger partial charge on any atom is -0.330 e. The quantitative estimate of drug-likeness (QED) is 0.543. The Morgan fingerprint density at radius 3 is 2.80 bits per heavy atom. The Balaban J connectivity index is 1.79. The molecule has 1 heterocycles. The lowest BCUT2D eigenvalue weighted by Gasteiger charge is -2.06. The van der Waals surface area contributed by atoms with E-state index in [0.717, 1.165) is 27.8 Å². The molecule has 1 amide bonds. The van der Waals surface area contributed by atoms with Crippen molar-refractivity contribution >= 4 is 57.0 Å². The zero-order chi connectivity index (χ0) is 17.8. The Bertz CT molecular complexity index is 911. The van der Waals surface area contributed by atoms with Gasteiger partial charge in [-0.2, -0.15) is 0 Å². The minimum absolute atomic E-state index is 0.0184. The first kappa shape index (κ1) is 17.7. The van der Waals surface area contributed by atoms with Gasteiger partial charge in [0.1, 0.15) is 0 Å². The molecule has 0 unspecified atom stereocenters. The van der Waals surface area contributed by atoms with Gasteiger partial charge in [0.15, 0.2) is 5.13 Å². The number of hydrogen-bond donors (Lipinski definition) is 2. The van der Waals surface area contributed by atoms with Gasteiger partial charge in [0, 0.05) is 28.1 Å². The summed E-state index contributed by atoms with van der Waals surface area (Å²) in [6, 6.07) is 12.9. The van der Waals surface area contributed by atoms with Crippen LogP contribution in [0.4, 0.5) is 16.5 Å². The summed E-state index contributed by atoms with van der Waals surface area (Å²) in [6.07, 6.45) is 0.441. The van der Waals surface area contributed by atoms with Gasteiger partial charge in [-0.25, -0.2) is 4.98 Å². The van der Waals surface area contributed by atoms with Gasteiger partial charge in [-0.15, -0.1) is 11.3 Å². The van der Waals surface area contributed by atoms with Crippen molar-refractivity contribution in [1.29, 1.82) is 0 Å². The third-order valence-electron chi connectivity index (χ3n) is 3.44. The molecule has 3 rings (SSSR count). The third-order valence-corrected chi connectivity index (χ3v) is 4.75. The molecule has 25 heavy (non-hydrogen) atoms. The van der Waals surface area contributed by atoms with E-state index in [1.807, 2.05) is 42.6 Å². The molecule has 0 aliphatic rings. The number of rotatable bonds is 5. The number of thiazole rings is 1. The van der Waals surface area contributed by atoms with E-state index >= 15 is 0 Å². The highest BCUT2D eigenvalue weighted by atomic mass is 35.5. The fraction of sp³-hybridized carbons (Fsp3) is 0.111. The first-order valence-electron chi connectivity index (χ1n) is 7.63. The van der Waals surface area contributed by atoms with Crippen molar-refractivity contribution in [3.05, 3.63) is 57.9 Å². The van der Waals surface area contributed by atoms with Gasteiger partial charge in [0.05, 0.1) is 16.4 Å². The monoisotopic (exact) mass is 391 g/mol. The maximum Gasteiger partial charge on any atom is 0.224 e. The molecule has 1 aromatic heterocycles. The maximum absolute atomic E-state index is 11.5. The summed E-state index contributed by atoms with van der Waals surface area (Å²) in [4.78, 5) is 16.1. The molecule has 4 nitrogen and oxygen atoms in total. The van der Waals surface area contributed by atoms with E-state index in [0.29, 0.717) is 16.5 Å². The molecule has 0 saturated carbocycles. The average molecular weight is 392 g/mol. The second-order valence-corrected chi connectivity index (χ2v) is 6.97. The van der Waals surface area contributed by atoms with E-state index < -0.39 is 0 Å². The average Bonchev–Trinajstić information content (AvgIpc) is 3.06. The van der Waals surface area contributed by atoms with E-state index in [1.165, 1.54) is 11.3 Å². The third kappa shape index (κ3) is 4.51. The number of nitrogens with zero attached hydrogens (tertiary/aromatic N) is 1. The molecular weight excluding hydrogens is 377 g/mol. The first-order chi connectivity index (χ1) is 12.0. The minimum atomic E-state index is -0.0184. The Kier molecular flexibility index (Phi) is 5.58. The van der Waals surface area contributed by atoms with E-state index in [9.17, 15) is 4.79 Å². The maximum atomic E-state index is 11.5. The van der Waals surface area contributed by atoms with Crippen molar-refractivity contribution in [1.82, 2.24) is 4.98 Å². The Morgan fingerprint density at radius 2 is 2.04 bits per heavy atom. The van der Waals surface area contributed by atoms with Gasteiger partial charge < -0.3 is 10.6 Å². The molecule has 2 aromatic carbocycles. The van der Waals surface area contributed by atoms with Gasteiger partial charge in [0.25, 0.3) is 0 Å². The summed E-state index contributed by atoms with van der Waals surface area (Å²) < 4.78 is 0. The highest BCUT2D eigenvalue weighted by molar-refractivity contribution is 7.14. The molecular formula is C18H15Cl2N3OS. The van der Waals surface area contributed by atoms with Crippen LogP contribution in [0.25, 0.3) is 11.3 Å². The Morgan fingerprint density at radius 1 is 1.20 bits per heavy atom. The number of anilines is 3. The van der Waals surface area contributed by atoms with Crippen molar-refractivity contribution < 1.29 is 4.79 Å². The lowest BCUT2D eigenvalue weighted by Crippen LogP contribution is -2.09. The van der Waals surface area contributed by atoms with Crippen LogP contribution in [0.1, 0.15) is 13.3 Å². The fourth-order valence-electron chi connectivity index (χ4n) is 2.18. The molecule has 0 saturated heterocycles. The number of hydrogen-bond acceptors (Lipinski definition) is 4. The van der Waals surface area contributed by atoms with Crippen LogP contribution in [-0.4, -0.2) is 10.9 Å². The molecule has 2 N–H and O–H groups in total. The Hall–Kier alpha value is -2.08. The van der Waals surface area contributed by atoms with Gasteiger partial charge in [-0.1, -0.05) is 42.3 Å². The number of benzene rings is 2. The summed E-state index contributed by atoms with van der Waals surface area (Å²) in [7, 11) is 0. The van der Waals surface area contributed by atoms with E-state index in [4.69, 9.17) is 23.2 Å². The summed E-state index contributed by atoms with van der Waals surface area (Å²) in [5.74, 6) is -0.0184. The predicted octanol–water partition coefficient (Wildman–Crippen LogP) is 6.21. The molecule has 0 aliphatic carbocycles. The molecule has 0 bridgehead atoms. The highest BCUT2D eigenvalue weighted by Crippen LogP contribution is 2.32. The van der Waals surface area contributed by atoms with Crippen LogP contribution in [0, 0.1) is 0 Å². The zero-order valence-electron chi connectivity index (χ0n) is 13.3. The second kappa shape index (κ2) is 7.87. The van der Waals surface area contributed by atoms with Crippen LogP contribution in [0.5, 0.6) is 0 Å². The van der Waals surface area contributed by atoms with E-state index in [-0.39, 0.29) is 5.91 Å². The van der Waals surface area contributed by atoms with Gasteiger partial charge in [-0.3, -0.25) is 4.79 Å². The van der Waals surface area contributed by atoms with Crippen molar-refractivity contribution in [3.8, 4) is 11.3 Å². The van der Waals surface area contributed by atoms with Crippen LogP contribution in [0.3, 0.4) is 0 Å². The van der Waals surface area contributed by atoms with Crippen molar-refractivity contribution in [2.24, 2.45) is 0 Å². The van der Waals surface area contributed by atoms with Gasteiger partial charge >= 0.3 is 0 Å². The molecule has 0 radical (unpaired) electrons. The van der Waals surface area contributed by atoms with Crippen molar-refractivity contribution in [2.45, 2.75) is 13.3 Å². The SMILES string of the molecule is CCC(=O)Nc1cccc(-c2csc(Nc3ccc(Cl)cc3Cl)n2)c1.